The number of nitro benzene ring substituents is 1. The van der Waals surface area contributed by atoms with E-state index in [-0.39, 0.29) is 29.3 Å². The molecular weight excluding hydrogens is 462 g/mol. The highest BCUT2D eigenvalue weighted by Crippen LogP contribution is 2.34. The van der Waals surface area contributed by atoms with E-state index in [1.165, 1.54) is 38.1 Å². The molecule has 4 rings (SSSR count). The maximum absolute atomic E-state index is 12.8. The Kier molecular flexibility index (Phi) is 7.01. The summed E-state index contributed by atoms with van der Waals surface area (Å²) >= 11 is 1.46. The number of nitro groups is 1. The van der Waals surface area contributed by atoms with Crippen LogP contribution in [0.1, 0.15) is 23.2 Å². The van der Waals surface area contributed by atoms with Crippen LogP contribution < -0.4 is 19.7 Å². The number of methoxy groups -OCH3 is 2. The minimum Gasteiger partial charge on any atom is -0.493 e. The van der Waals surface area contributed by atoms with E-state index in [9.17, 15) is 14.9 Å². The Morgan fingerprint density at radius 3 is 2.56 bits per heavy atom. The molecule has 0 spiro atoms. The van der Waals surface area contributed by atoms with Gasteiger partial charge in [-0.05, 0) is 19.1 Å². The van der Waals surface area contributed by atoms with Gasteiger partial charge in [0.25, 0.3) is 11.6 Å². The summed E-state index contributed by atoms with van der Waals surface area (Å²) in [5, 5.41) is 20.2. The molecule has 1 fully saturated rings. The summed E-state index contributed by atoms with van der Waals surface area (Å²) < 4.78 is 12.0. The van der Waals surface area contributed by atoms with Crippen LogP contribution in [-0.2, 0) is 6.54 Å². The first-order chi connectivity index (χ1) is 16.5. The second-order valence-corrected chi connectivity index (χ2v) is 8.34. The van der Waals surface area contributed by atoms with E-state index in [4.69, 9.17) is 9.47 Å². The number of anilines is 1. The average Bonchev–Trinajstić information content (AvgIpc) is 3.53. The Morgan fingerprint density at radius 2 is 1.91 bits per heavy atom. The lowest BCUT2D eigenvalue weighted by molar-refractivity contribution is -0.385. The van der Waals surface area contributed by atoms with Crippen LogP contribution in [0.15, 0.2) is 23.5 Å². The van der Waals surface area contributed by atoms with Crippen molar-refractivity contribution in [3.8, 4) is 11.5 Å². The van der Waals surface area contributed by atoms with Gasteiger partial charge < -0.3 is 19.7 Å². The van der Waals surface area contributed by atoms with Crippen LogP contribution in [0.25, 0.3) is 11.0 Å². The van der Waals surface area contributed by atoms with E-state index in [2.05, 4.69) is 25.3 Å². The zero-order valence-corrected chi connectivity index (χ0v) is 19.9. The summed E-state index contributed by atoms with van der Waals surface area (Å²) in [5.74, 6) is 0.684. The third-order valence-corrected chi connectivity index (χ3v) is 6.14. The first kappa shape index (κ1) is 23.5. The highest BCUT2D eigenvalue weighted by molar-refractivity contribution is 7.98. The molecular formula is C21H25N7O5S. The molecule has 0 aliphatic carbocycles. The van der Waals surface area contributed by atoms with E-state index >= 15 is 0 Å². The molecule has 0 saturated carbocycles. The second kappa shape index (κ2) is 10.1. The molecule has 0 radical (unpaired) electrons. The Labute approximate surface area is 199 Å². The highest BCUT2D eigenvalue weighted by Gasteiger charge is 2.25. The van der Waals surface area contributed by atoms with Crippen molar-refractivity contribution in [3.63, 3.8) is 0 Å². The standard InChI is InChI=1S/C21H25N7O5S/c1-32-16-10-13(15(28(30)31)11-17(16)33-2)20(29)22-6-9-27-19-14(12-23-27)18(24-21(25-19)34-3)26-7-4-5-8-26/h10-12H,4-9H2,1-3H3,(H,22,29). The first-order valence-corrected chi connectivity index (χ1v) is 11.9. The quantitative estimate of drug-likeness (QED) is 0.207. The molecule has 0 atom stereocenters. The van der Waals surface area contributed by atoms with Crippen molar-refractivity contribution in [1.29, 1.82) is 0 Å². The number of nitrogens with zero attached hydrogens (tertiary/aromatic N) is 6. The molecule has 0 unspecified atom stereocenters. The van der Waals surface area contributed by atoms with E-state index in [1.54, 1.807) is 10.9 Å². The summed E-state index contributed by atoms with van der Waals surface area (Å²) in [6, 6.07) is 2.48. The molecule has 13 heteroatoms. The van der Waals surface area contributed by atoms with Crippen LogP contribution in [0, 0.1) is 10.1 Å². The van der Waals surface area contributed by atoms with Crippen molar-refractivity contribution in [2.75, 3.05) is 45.0 Å². The number of ether oxygens (including phenoxy) is 2. The van der Waals surface area contributed by atoms with Crippen LogP contribution in [0.4, 0.5) is 11.5 Å². The third-order valence-electron chi connectivity index (χ3n) is 5.60. The van der Waals surface area contributed by atoms with Crippen LogP contribution in [0.2, 0.25) is 0 Å². The molecule has 3 aromatic rings. The normalized spacial score (nSPS) is 13.3. The number of aromatic nitrogens is 4. The van der Waals surface area contributed by atoms with Gasteiger partial charge in [0.05, 0.1) is 43.3 Å². The summed E-state index contributed by atoms with van der Waals surface area (Å²) in [5.41, 5.74) is 0.205. The van der Waals surface area contributed by atoms with Gasteiger partial charge >= 0.3 is 0 Å². The zero-order valence-electron chi connectivity index (χ0n) is 19.1. The van der Waals surface area contributed by atoms with Gasteiger partial charge in [0.1, 0.15) is 11.4 Å². The minimum absolute atomic E-state index is 0.115. The molecule has 1 aromatic carbocycles. The van der Waals surface area contributed by atoms with Gasteiger partial charge in [0, 0.05) is 25.7 Å². The smallest absolute Gasteiger partial charge is 0.286 e. The molecule has 12 nitrogen and oxygen atoms in total. The molecule has 1 saturated heterocycles. The van der Waals surface area contributed by atoms with Gasteiger partial charge in [-0.2, -0.15) is 5.10 Å². The van der Waals surface area contributed by atoms with Crippen LogP contribution in [0.5, 0.6) is 11.5 Å². The molecule has 3 heterocycles. The number of benzene rings is 1. The first-order valence-electron chi connectivity index (χ1n) is 10.7. The fourth-order valence-corrected chi connectivity index (χ4v) is 4.27. The van der Waals surface area contributed by atoms with E-state index in [0.717, 1.165) is 37.1 Å². The lowest BCUT2D eigenvalue weighted by atomic mass is 10.1. The molecule has 1 N–H and O–H groups in total. The second-order valence-electron chi connectivity index (χ2n) is 7.57. The van der Waals surface area contributed by atoms with E-state index in [0.29, 0.717) is 17.3 Å². The maximum atomic E-state index is 12.8. The molecule has 1 amide bonds. The molecule has 1 aliphatic heterocycles. The van der Waals surface area contributed by atoms with Crippen LogP contribution in [-0.4, -0.2) is 70.7 Å². The van der Waals surface area contributed by atoms with Crippen LogP contribution in [0.3, 0.4) is 0 Å². The van der Waals surface area contributed by atoms with Gasteiger partial charge in [-0.3, -0.25) is 14.9 Å². The van der Waals surface area contributed by atoms with Crippen molar-refractivity contribution in [2.45, 2.75) is 24.5 Å². The summed E-state index contributed by atoms with van der Waals surface area (Å²) in [4.78, 5) is 35.2. The third kappa shape index (κ3) is 4.55. The number of nitrogens with one attached hydrogen (secondary N) is 1. The van der Waals surface area contributed by atoms with E-state index < -0.39 is 10.8 Å². The summed E-state index contributed by atoms with van der Waals surface area (Å²) in [6.45, 7) is 2.43. The number of hydrogen-bond donors (Lipinski definition) is 1. The molecule has 180 valence electrons. The Hall–Kier alpha value is -3.61. The Bertz CT molecular complexity index is 1230. The summed E-state index contributed by atoms with van der Waals surface area (Å²) in [7, 11) is 2.77. The van der Waals surface area contributed by atoms with Gasteiger partial charge in [-0.15, -0.1) is 0 Å². The predicted octanol–water partition coefficient (Wildman–Crippen LogP) is 2.50. The fourth-order valence-electron chi connectivity index (χ4n) is 3.92. The number of amides is 1. The number of fused-ring (bicyclic) bond motifs is 1. The van der Waals surface area contributed by atoms with Gasteiger partial charge in [-0.1, -0.05) is 11.8 Å². The zero-order chi connectivity index (χ0) is 24.2. The topological polar surface area (TPSA) is 138 Å². The Balaban J connectivity index is 1.54. The monoisotopic (exact) mass is 487 g/mol. The molecule has 0 bridgehead atoms. The molecule has 2 aromatic heterocycles. The van der Waals surface area contributed by atoms with Gasteiger partial charge in [0.15, 0.2) is 22.3 Å². The molecule has 1 aliphatic rings. The van der Waals surface area contributed by atoms with Crippen molar-refractivity contribution in [2.24, 2.45) is 0 Å². The number of rotatable bonds is 9. The Morgan fingerprint density at radius 1 is 1.21 bits per heavy atom. The maximum Gasteiger partial charge on any atom is 0.286 e. The van der Waals surface area contributed by atoms with Gasteiger partial charge in [0.2, 0.25) is 0 Å². The lowest BCUT2D eigenvalue weighted by Crippen LogP contribution is -2.28. The van der Waals surface area contributed by atoms with E-state index in [1.807, 2.05) is 6.26 Å². The molecule has 34 heavy (non-hydrogen) atoms. The summed E-state index contributed by atoms with van der Waals surface area (Å²) in [6.07, 6.45) is 5.92. The van der Waals surface area contributed by atoms with Gasteiger partial charge in [-0.25, -0.2) is 14.6 Å². The lowest BCUT2D eigenvalue weighted by Gasteiger charge is -2.17. The highest BCUT2D eigenvalue weighted by atomic mass is 32.2. The van der Waals surface area contributed by atoms with Crippen molar-refractivity contribution < 1.29 is 19.2 Å². The number of thioether (sulfide) groups is 1. The minimum atomic E-state index is -0.626. The van der Waals surface area contributed by atoms with Crippen LogP contribution >= 0.6 is 11.8 Å². The number of carbonyl (C=O) groups is 1. The van der Waals surface area contributed by atoms with Crippen molar-refractivity contribution in [3.05, 3.63) is 34.0 Å². The van der Waals surface area contributed by atoms with Crippen molar-refractivity contribution >= 4 is 40.2 Å². The average molecular weight is 488 g/mol. The SMILES string of the molecule is COc1cc(C(=O)NCCn2ncc3c(N4CCCC4)nc(SC)nc32)c([N+](=O)[O-])cc1OC. The predicted molar refractivity (Wildman–Crippen MR) is 127 cm³/mol. The number of carbonyl (C=O) groups excluding carboxylic acids is 1. The number of hydrogen-bond acceptors (Lipinski definition) is 10. The van der Waals surface area contributed by atoms with Crippen molar-refractivity contribution in [1.82, 2.24) is 25.1 Å². The largest absolute Gasteiger partial charge is 0.493 e. The fraction of sp³-hybridized carbons (Fsp3) is 0.429.